The Labute approximate surface area is 146 Å². The summed E-state index contributed by atoms with van der Waals surface area (Å²) >= 11 is 0. The van der Waals surface area contributed by atoms with Crippen LogP contribution in [-0.2, 0) is 0 Å². The molecule has 0 aliphatic carbocycles. The monoisotopic (exact) mass is 331 g/mol. The summed E-state index contributed by atoms with van der Waals surface area (Å²) in [6, 6.07) is 18.7. The lowest BCUT2D eigenvalue weighted by Gasteiger charge is -2.10. The van der Waals surface area contributed by atoms with E-state index in [1.54, 1.807) is 18.3 Å². The van der Waals surface area contributed by atoms with Crippen molar-refractivity contribution < 1.29 is 4.74 Å². The second-order valence-corrected chi connectivity index (χ2v) is 5.13. The molecule has 3 rings (SSSR count). The number of aromatic nitrogens is 2. The number of para-hydroxylation sites is 1. The molecule has 25 heavy (non-hydrogen) atoms. The van der Waals surface area contributed by atoms with Crippen LogP contribution in [0.2, 0.25) is 0 Å². The highest BCUT2D eigenvalue weighted by Gasteiger charge is 2.04. The van der Waals surface area contributed by atoms with E-state index in [9.17, 15) is 0 Å². The molecular weight excluding hydrogens is 314 g/mol. The molecule has 0 spiro atoms. The molecule has 2 aromatic carbocycles. The minimum Gasteiger partial charge on any atom is -0.494 e. The van der Waals surface area contributed by atoms with Crippen LogP contribution in [-0.4, -0.2) is 16.6 Å². The summed E-state index contributed by atoms with van der Waals surface area (Å²) in [7, 11) is 0. The molecule has 0 fully saturated rings. The molecule has 124 valence electrons. The molecule has 0 bridgehead atoms. The first kappa shape index (κ1) is 16.3. The molecule has 0 radical (unpaired) electrons. The third-order valence-electron chi connectivity index (χ3n) is 3.39. The summed E-state index contributed by atoms with van der Waals surface area (Å²) in [6.07, 6.45) is 1.65. The van der Waals surface area contributed by atoms with Crippen LogP contribution in [0.1, 0.15) is 12.5 Å². The van der Waals surface area contributed by atoms with Crippen molar-refractivity contribution in [2.45, 2.75) is 6.92 Å². The topological polar surface area (TPSA) is 82.9 Å². The molecule has 0 saturated carbocycles. The van der Waals surface area contributed by atoms with Gasteiger partial charge in [0, 0.05) is 11.9 Å². The molecule has 0 unspecified atom stereocenters. The molecule has 0 saturated heterocycles. The largest absolute Gasteiger partial charge is 0.494 e. The zero-order valence-electron chi connectivity index (χ0n) is 13.7. The van der Waals surface area contributed by atoms with Gasteiger partial charge in [0.25, 0.3) is 0 Å². The predicted octanol–water partition coefficient (Wildman–Crippen LogP) is 4.23. The van der Waals surface area contributed by atoms with E-state index in [0.717, 1.165) is 11.4 Å². The first-order valence-corrected chi connectivity index (χ1v) is 7.87. The van der Waals surface area contributed by atoms with Crippen molar-refractivity contribution in [2.24, 2.45) is 0 Å². The molecular formula is C19H17N5O. The van der Waals surface area contributed by atoms with Gasteiger partial charge in [-0.2, -0.15) is 10.2 Å². The number of hydrogen-bond donors (Lipinski definition) is 2. The van der Waals surface area contributed by atoms with E-state index in [1.165, 1.54) is 0 Å². The van der Waals surface area contributed by atoms with Crippen molar-refractivity contribution in [3.05, 3.63) is 66.4 Å². The minimum absolute atomic E-state index is 0.462. The quantitative estimate of drug-likeness (QED) is 0.703. The van der Waals surface area contributed by atoms with Gasteiger partial charge in [-0.25, -0.2) is 4.98 Å². The number of anilines is 4. The zero-order valence-corrected chi connectivity index (χ0v) is 13.7. The Morgan fingerprint density at radius 2 is 1.84 bits per heavy atom. The van der Waals surface area contributed by atoms with Gasteiger partial charge in [-0.1, -0.05) is 12.1 Å². The smallest absolute Gasteiger partial charge is 0.229 e. The van der Waals surface area contributed by atoms with E-state index < -0.39 is 0 Å². The van der Waals surface area contributed by atoms with Crippen molar-refractivity contribution >= 4 is 23.1 Å². The third-order valence-corrected chi connectivity index (χ3v) is 3.39. The normalized spacial score (nSPS) is 9.92. The maximum atomic E-state index is 9.16. The maximum absolute atomic E-state index is 9.16. The van der Waals surface area contributed by atoms with E-state index in [2.05, 4.69) is 26.7 Å². The van der Waals surface area contributed by atoms with Crippen molar-refractivity contribution in [3.8, 4) is 11.8 Å². The SMILES string of the molecule is CCOc1ccc(Nc2nccc(Nc3ccccc3C#N)n2)cc1. The van der Waals surface area contributed by atoms with Crippen LogP contribution in [0.5, 0.6) is 5.75 Å². The molecule has 2 N–H and O–H groups in total. The highest BCUT2D eigenvalue weighted by molar-refractivity contribution is 5.65. The lowest BCUT2D eigenvalue weighted by molar-refractivity contribution is 0.340. The predicted molar refractivity (Wildman–Crippen MR) is 97.4 cm³/mol. The Bertz CT molecular complexity index is 887. The third kappa shape index (κ3) is 4.24. The van der Waals surface area contributed by atoms with Gasteiger partial charge in [0.2, 0.25) is 5.95 Å². The summed E-state index contributed by atoms with van der Waals surface area (Å²) < 4.78 is 5.42. The van der Waals surface area contributed by atoms with Gasteiger partial charge in [-0.15, -0.1) is 0 Å². The highest BCUT2D eigenvalue weighted by Crippen LogP contribution is 2.21. The van der Waals surface area contributed by atoms with E-state index in [-0.39, 0.29) is 0 Å². The average Bonchev–Trinajstić information content (AvgIpc) is 2.64. The Morgan fingerprint density at radius 3 is 2.60 bits per heavy atom. The number of rotatable bonds is 6. The van der Waals surface area contributed by atoms with Crippen LogP contribution < -0.4 is 15.4 Å². The zero-order chi connectivity index (χ0) is 17.5. The summed E-state index contributed by atoms with van der Waals surface area (Å²) in [5, 5.41) is 15.4. The van der Waals surface area contributed by atoms with Crippen LogP contribution in [0.15, 0.2) is 60.8 Å². The molecule has 6 nitrogen and oxygen atoms in total. The molecule has 0 aliphatic rings. The number of benzene rings is 2. The number of nitriles is 1. The van der Waals surface area contributed by atoms with Crippen molar-refractivity contribution in [2.75, 3.05) is 17.2 Å². The van der Waals surface area contributed by atoms with Gasteiger partial charge >= 0.3 is 0 Å². The molecule has 0 aliphatic heterocycles. The van der Waals surface area contributed by atoms with Gasteiger partial charge in [0.05, 0.1) is 17.9 Å². The van der Waals surface area contributed by atoms with Crippen LogP contribution in [0.4, 0.5) is 23.1 Å². The fraction of sp³-hybridized carbons (Fsp3) is 0.105. The first-order valence-electron chi connectivity index (χ1n) is 7.87. The van der Waals surface area contributed by atoms with Crippen molar-refractivity contribution in [1.82, 2.24) is 9.97 Å². The Balaban J connectivity index is 1.74. The average molecular weight is 331 g/mol. The Morgan fingerprint density at radius 1 is 1.04 bits per heavy atom. The lowest BCUT2D eigenvalue weighted by atomic mass is 10.2. The Hall–Kier alpha value is -3.59. The molecule has 0 atom stereocenters. The molecule has 0 amide bonds. The Kier molecular flexibility index (Phi) is 5.07. The summed E-state index contributed by atoms with van der Waals surface area (Å²) in [5.41, 5.74) is 2.12. The fourth-order valence-electron chi connectivity index (χ4n) is 2.25. The van der Waals surface area contributed by atoms with Crippen LogP contribution in [0.3, 0.4) is 0 Å². The van der Waals surface area contributed by atoms with Gasteiger partial charge in [-0.3, -0.25) is 0 Å². The molecule has 1 aromatic heterocycles. The molecule has 3 aromatic rings. The summed E-state index contributed by atoms with van der Waals surface area (Å²) in [6.45, 7) is 2.58. The van der Waals surface area contributed by atoms with Gasteiger partial charge in [-0.05, 0) is 49.4 Å². The van der Waals surface area contributed by atoms with Gasteiger partial charge in [0.1, 0.15) is 17.6 Å². The van der Waals surface area contributed by atoms with E-state index >= 15 is 0 Å². The van der Waals surface area contributed by atoms with Crippen LogP contribution in [0, 0.1) is 11.3 Å². The maximum Gasteiger partial charge on any atom is 0.229 e. The summed E-state index contributed by atoms with van der Waals surface area (Å²) in [4.78, 5) is 8.64. The number of ether oxygens (including phenoxy) is 1. The van der Waals surface area contributed by atoms with Gasteiger partial charge < -0.3 is 15.4 Å². The van der Waals surface area contributed by atoms with E-state index in [1.807, 2.05) is 49.4 Å². The van der Waals surface area contributed by atoms with E-state index in [4.69, 9.17) is 10.00 Å². The fourth-order valence-corrected chi connectivity index (χ4v) is 2.25. The van der Waals surface area contributed by atoms with Crippen molar-refractivity contribution in [3.63, 3.8) is 0 Å². The number of nitrogens with one attached hydrogen (secondary N) is 2. The first-order chi connectivity index (χ1) is 12.3. The second-order valence-electron chi connectivity index (χ2n) is 5.13. The minimum atomic E-state index is 0.462. The van der Waals surface area contributed by atoms with E-state index in [0.29, 0.717) is 29.6 Å². The molecule has 6 heteroatoms. The number of hydrogen-bond acceptors (Lipinski definition) is 6. The standard InChI is InChI=1S/C19H17N5O/c1-2-25-16-9-7-15(8-10-16)22-19-21-12-11-18(24-19)23-17-6-4-3-5-14(17)13-20/h3-12H,2H2,1H3,(H2,21,22,23,24). The lowest BCUT2D eigenvalue weighted by Crippen LogP contribution is -2.01. The highest BCUT2D eigenvalue weighted by atomic mass is 16.5. The van der Waals surface area contributed by atoms with Gasteiger partial charge in [0.15, 0.2) is 0 Å². The van der Waals surface area contributed by atoms with Crippen LogP contribution in [0.25, 0.3) is 0 Å². The number of nitrogens with zero attached hydrogens (tertiary/aromatic N) is 3. The molecule has 1 heterocycles. The second kappa shape index (κ2) is 7.79. The van der Waals surface area contributed by atoms with Crippen LogP contribution >= 0.6 is 0 Å². The van der Waals surface area contributed by atoms with Crippen molar-refractivity contribution in [1.29, 1.82) is 5.26 Å². The summed E-state index contributed by atoms with van der Waals surface area (Å²) in [5.74, 6) is 1.88.